The van der Waals surface area contributed by atoms with Gasteiger partial charge in [0.05, 0.1) is 21.3 Å². The Morgan fingerprint density at radius 1 is 0.968 bits per heavy atom. The highest BCUT2D eigenvalue weighted by Crippen LogP contribution is 2.27. The summed E-state index contributed by atoms with van der Waals surface area (Å²) in [4.78, 5) is 24.8. The number of ether oxygens (including phenoxy) is 3. The van der Waals surface area contributed by atoms with Gasteiger partial charge in [0.25, 0.3) is 5.91 Å². The van der Waals surface area contributed by atoms with Crippen LogP contribution in [-0.2, 0) is 16.0 Å². The lowest BCUT2D eigenvalue weighted by Gasteiger charge is -2.16. The lowest BCUT2D eigenvalue weighted by atomic mass is 10.1. The van der Waals surface area contributed by atoms with Crippen molar-refractivity contribution in [2.24, 2.45) is 0 Å². The summed E-state index contributed by atoms with van der Waals surface area (Å²) in [6, 6.07) is 16.7. The maximum Gasteiger partial charge on any atom is 0.333 e. The van der Waals surface area contributed by atoms with E-state index in [0.29, 0.717) is 29.2 Å². The van der Waals surface area contributed by atoms with Gasteiger partial charge in [-0.05, 0) is 35.9 Å². The van der Waals surface area contributed by atoms with Gasteiger partial charge in [0, 0.05) is 12.0 Å². The molecule has 0 aliphatic heterocycles. The van der Waals surface area contributed by atoms with Gasteiger partial charge in [0.15, 0.2) is 11.8 Å². The number of carbonyl (C=O) groups is 2. The molecule has 0 radical (unpaired) electrons. The minimum Gasteiger partial charge on any atom is -0.497 e. The van der Waals surface area contributed by atoms with E-state index in [-0.39, 0.29) is 13.2 Å². The van der Waals surface area contributed by atoms with Crippen molar-refractivity contribution < 1.29 is 28.2 Å². The molecule has 0 saturated carbocycles. The van der Waals surface area contributed by atoms with Gasteiger partial charge < -0.3 is 23.9 Å². The Kier molecular flexibility index (Phi) is 8.25. The van der Waals surface area contributed by atoms with Crippen molar-refractivity contribution >= 4 is 11.9 Å². The number of benzene rings is 2. The van der Waals surface area contributed by atoms with Gasteiger partial charge in [-0.2, -0.15) is 0 Å². The van der Waals surface area contributed by atoms with Gasteiger partial charge in [0.2, 0.25) is 0 Å². The molecule has 7 nitrogen and oxygen atoms in total. The zero-order valence-corrected chi connectivity index (χ0v) is 17.0. The van der Waals surface area contributed by atoms with E-state index in [1.54, 1.807) is 56.7 Å². The molecule has 1 heterocycles. The highest BCUT2D eigenvalue weighted by Gasteiger charge is 2.25. The molecule has 1 N–H and O–H groups in total. The zero-order valence-electron chi connectivity index (χ0n) is 17.0. The second kappa shape index (κ2) is 10.9. The van der Waals surface area contributed by atoms with Gasteiger partial charge in [-0.15, -0.1) is 0 Å². The van der Waals surface area contributed by atoms with E-state index >= 15 is 0 Å². The molecule has 164 valence electrons. The highest BCUT2D eigenvalue weighted by molar-refractivity contribution is 5.94. The van der Waals surface area contributed by atoms with Gasteiger partial charge in [0.1, 0.15) is 17.3 Å². The molecular formula is C24H27NO6. The molecule has 1 unspecified atom stereocenters. The Hall–Kier alpha value is -3.74. The fraction of sp³-hybridized carbons (Fsp3) is 0.250. The summed E-state index contributed by atoms with van der Waals surface area (Å²) in [5, 5.41) is 2.67. The van der Waals surface area contributed by atoms with Crippen molar-refractivity contribution in [3.63, 3.8) is 0 Å². The van der Waals surface area contributed by atoms with Crippen molar-refractivity contribution in [2.75, 3.05) is 21.3 Å². The normalized spacial score (nSPS) is 11.1. The largest absolute Gasteiger partial charge is 0.497 e. The summed E-state index contributed by atoms with van der Waals surface area (Å²) in [5.74, 6) is 0.963. The maximum absolute atomic E-state index is 12.7. The molecule has 1 atom stereocenters. The third-order valence-electron chi connectivity index (χ3n) is 4.58. The number of methoxy groups -OCH3 is 3. The summed E-state index contributed by atoms with van der Waals surface area (Å²) >= 11 is 0. The second-order valence-electron chi connectivity index (χ2n) is 6.46. The Bertz CT molecular complexity index is 1010. The standard InChI is InChI=1S/C23H23NO6.CH4/c1-27-17-9-11-19(28-2)16(13-17)14-18-10-12-20(30-18)22(25)24-21(23(26)29-3)15-7-5-4-6-8-15;/h4-13,21H,14H2,1-3H3,(H,24,25);1H4. The molecule has 31 heavy (non-hydrogen) atoms. The van der Waals surface area contributed by atoms with E-state index in [2.05, 4.69) is 5.32 Å². The molecule has 3 rings (SSSR count). The van der Waals surface area contributed by atoms with Crippen molar-refractivity contribution in [1.29, 1.82) is 0 Å². The monoisotopic (exact) mass is 425 g/mol. The lowest BCUT2D eigenvalue weighted by Crippen LogP contribution is -2.34. The molecular weight excluding hydrogens is 398 g/mol. The average molecular weight is 425 g/mol. The number of furan rings is 1. The lowest BCUT2D eigenvalue weighted by molar-refractivity contribution is -0.143. The van der Waals surface area contributed by atoms with E-state index in [0.717, 1.165) is 5.56 Å². The smallest absolute Gasteiger partial charge is 0.333 e. The molecule has 0 aliphatic carbocycles. The van der Waals surface area contributed by atoms with Crippen LogP contribution >= 0.6 is 0 Å². The number of rotatable bonds is 8. The maximum atomic E-state index is 12.7. The van der Waals surface area contributed by atoms with Crippen LogP contribution in [0.25, 0.3) is 0 Å². The van der Waals surface area contributed by atoms with Crippen LogP contribution in [0.15, 0.2) is 65.1 Å². The summed E-state index contributed by atoms with van der Waals surface area (Å²) in [6.45, 7) is 0. The summed E-state index contributed by atoms with van der Waals surface area (Å²) < 4.78 is 21.2. The number of hydrogen-bond acceptors (Lipinski definition) is 6. The van der Waals surface area contributed by atoms with Crippen molar-refractivity contribution in [3.05, 3.63) is 83.3 Å². The van der Waals surface area contributed by atoms with E-state index in [1.807, 2.05) is 18.2 Å². The van der Waals surface area contributed by atoms with Crippen LogP contribution in [0.2, 0.25) is 0 Å². The van der Waals surface area contributed by atoms with Gasteiger partial charge in [-0.1, -0.05) is 37.8 Å². The number of esters is 1. The average Bonchev–Trinajstić information content (AvgIpc) is 3.26. The first kappa shape index (κ1) is 23.5. The number of amides is 1. The molecule has 7 heteroatoms. The van der Waals surface area contributed by atoms with Crippen LogP contribution in [0, 0.1) is 0 Å². The SMILES string of the molecule is C.COC(=O)C(NC(=O)c1ccc(Cc2cc(OC)ccc2OC)o1)c1ccccc1. The highest BCUT2D eigenvalue weighted by atomic mass is 16.5. The first-order valence-corrected chi connectivity index (χ1v) is 9.29. The number of nitrogens with one attached hydrogen (secondary N) is 1. The molecule has 0 aliphatic rings. The van der Waals surface area contributed by atoms with E-state index in [9.17, 15) is 9.59 Å². The molecule has 0 spiro atoms. The quantitative estimate of drug-likeness (QED) is 0.545. The Labute approximate surface area is 181 Å². The Balaban J connectivity index is 0.00000341. The number of hydrogen-bond donors (Lipinski definition) is 1. The van der Waals surface area contributed by atoms with Crippen molar-refractivity contribution in [1.82, 2.24) is 5.32 Å². The number of carbonyl (C=O) groups excluding carboxylic acids is 2. The second-order valence-corrected chi connectivity index (χ2v) is 6.46. The van der Waals surface area contributed by atoms with E-state index in [4.69, 9.17) is 18.6 Å². The summed E-state index contributed by atoms with van der Waals surface area (Å²) in [5.41, 5.74) is 1.47. The Morgan fingerprint density at radius 3 is 2.35 bits per heavy atom. The summed E-state index contributed by atoms with van der Waals surface area (Å²) in [6.07, 6.45) is 0.409. The van der Waals surface area contributed by atoms with Crippen LogP contribution in [0.5, 0.6) is 11.5 Å². The predicted molar refractivity (Wildman–Crippen MR) is 116 cm³/mol. The van der Waals surface area contributed by atoms with E-state index in [1.165, 1.54) is 7.11 Å². The molecule has 1 aromatic heterocycles. The predicted octanol–water partition coefficient (Wildman–Crippen LogP) is 4.17. The minimum atomic E-state index is -0.935. The first-order chi connectivity index (χ1) is 14.5. The third kappa shape index (κ3) is 5.66. The molecule has 0 bridgehead atoms. The van der Waals surface area contributed by atoms with Crippen LogP contribution in [0.3, 0.4) is 0 Å². The van der Waals surface area contributed by atoms with Crippen LogP contribution in [0.4, 0.5) is 0 Å². The van der Waals surface area contributed by atoms with Gasteiger partial charge in [-0.3, -0.25) is 4.79 Å². The zero-order chi connectivity index (χ0) is 21.5. The van der Waals surface area contributed by atoms with Crippen LogP contribution < -0.4 is 14.8 Å². The van der Waals surface area contributed by atoms with Crippen LogP contribution in [0.1, 0.15) is 40.9 Å². The summed E-state index contributed by atoms with van der Waals surface area (Å²) in [7, 11) is 4.45. The van der Waals surface area contributed by atoms with Gasteiger partial charge in [-0.25, -0.2) is 4.79 Å². The van der Waals surface area contributed by atoms with Crippen molar-refractivity contribution in [3.8, 4) is 11.5 Å². The topological polar surface area (TPSA) is 87.0 Å². The first-order valence-electron chi connectivity index (χ1n) is 9.29. The Morgan fingerprint density at radius 2 is 1.71 bits per heavy atom. The fourth-order valence-corrected chi connectivity index (χ4v) is 3.05. The molecule has 2 aromatic carbocycles. The fourth-order valence-electron chi connectivity index (χ4n) is 3.05. The minimum absolute atomic E-state index is 0. The van der Waals surface area contributed by atoms with Crippen molar-refractivity contribution in [2.45, 2.75) is 19.9 Å². The third-order valence-corrected chi connectivity index (χ3v) is 4.58. The molecule has 1 amide bonds. The van der Waals surface area contributed by atoms with E-state index < -0.39 is 17.9 Å². The molecule has 3 aromatic rings. The molecule has 0 fully saturated rings. The van der Waals surface area contributed by atoms with Gasteiger partial charge >= 0.3 is 5.97 Å². The molecule has 0 saturated heterocycles. The van der Waals surface area contributed by atoms with Crippen LogP contribution in [-0.4, -0.2) is 33.2 Å².